The first-order valence-electron chi connectivity index (χ1n) is 9.48. The van der Waals surface area contributed by atoms with Gasteiger partial charge in [0.25, 0.3) is 0 Å². The average Bonchev–Trinajstić information content (AvgIpc) is 2.62. The lowest BCUT2D eigenvalue weighted by Gasteiger charge is -2.43. The molecule has 1 saturated carbocycles. The number of hydrogen-bond acceptors (Lipinski definition) is 3. The molecule has 2 amide bonds. The Balaban J connectivity index is 0.00000261. The van der Waals surface area contributed by atoms with Gasteiger partial charge in [0.1, 0.15) is 0 Å². The Hall–Kier alpha value is -1.64. The summed E-state index contributed by atoms with van der Waals surface area (Å²) in [6, 6.07) is 10.6. The predicted molar refractivity (Wildman–Crippen MR) is 117 cm³/mol. The normalized spacial score (nSPS) is 19.1. The number of carbonyl (C=O) groups excluding carboxylic acids is 2. The number of rotatable bonds is 6. The molecule has 0 spiro atoms. The highest BCUT2D eigenvalue weighted by atomic mass is 127. The van der Waals surface area contributed by atoms with E-state index in [-0.39, 0.29) is 41.2 Å². The molecular weight excluding hydrogens is 455 g/mol. The van der Waals surface area contributed by atoms with Crippen molar-refractivity contribution in [2.75, 3.05) is 26.7 Å². The molecule has 0 unspecified atom stereocenters. The number of guanidine groups is 1. The summed E-state index contributed by atoms with van der Waals surface area (Å²) < 4.78 is 0. The van der Waals surface area contributed by atoms with Gasteiger partial charge in [-0.3, -0.25) is 19.5 Å². The molecule has 3 rings (SSSR count). The van der Waals surface area contributed by atoms with Gasteiger partial charge < -0.3 is 10.6 Å². The first-order chi connectivity index (χ1) is 12.6. The van der Waals surface area contributed by atoms with Gasteiger partial charge in [0, 0.05) is 44.9 Å². The smallest absolute Gasteiger partial charge is 0.229 e. The molecule has 0 radical (unpaired) electrons. The number of carbonyl (C=O) groups is 2. The van der Waals surface area contributed by atoms with E-state index in [4.69, 9.17) is 0 Å². The summed E-state index contributed by atoms with van der Waals surface area (Å²) in [6.07, 6.45) is 5.22. The molecule has 2 N–H and O–H groups in total. The van der Waals surface area contributed by atoms with Crippen LogP contribution in [0.15, 0.2) is 35.3 Å². The Bertz CT molecular complexity index is 658. The summed E-state index contributed by atoms with van der Waals surface area (Å²) in [5, 5.41) is 6.64. The zero-order valence-corrected chi connectivity index (χ0v) is 18.2. The molecule has 6 nitrogen and oxygen atoms in total. The SMILES string of the molecule is CN=C(NCCN1C(=O)CCCC1=O)NCC1(c2ccccc2)CCC1.I. The van der Waals surface area contributed by atoms with E-state index in [1.54, 1.807) is 7.05 Å². The fraction of sp³-hybridized carbons (Fsp3) is 0.550. The van der Waals surface area contributed by atoms with E-state index < -0.39 is 0 Å². The lowest BCUT2D eigenvalue weighted by atomic mass is 9.64. The third-order valence-electron chi connectivity index (χ3n) is 5.53. The van der Waals surface area contributed by atoms with Crippen molar-refractivity contribution in [3.05, 3.63) is 35.9 Å². The predicted octanol–water partition coefficient (Wildman–Crippen LogP) is 2.43. The molecular formula is C20H29IN4O2. The standard InChI is InChI=1S/C20H28N4O2.HI/c1-21-19(22-13-14-24-17(25)9-5-10-18(24)26)23-15-20(11-6-12-20)16-7-3-2-4-8-16;/h2-4,7-8H,5-6,9-15H2,1H3,(H2,21,22,23);1H. The number of piperidine rings is 1. The molecule has 1 saturated heterocycles. The second kappa shape index (κ2) is 10.1. The molecule has 0 bridgehead atoms. The highest BCUT2D eigenvalue weighted by Gasteiger charge is 2.38. The largest absolute Gasteiger partial charge is 0.356 e. The van der Waals surface area contributed by atoms with Crippen LogP contribution in [0.5, 0.6) is 0 Å². The highest BCUT2D eigenvalue weighted by Crippen LogP contribution is 2.43. The first-order valence-corrected chi connectivity index (χ1v) is 9.48. The summed E-state index contributed by atoms with van der Waals surface area (Å²) >= 11 is 0. The number of amides is 2. The van der Waals surface area contributed by atoms with Gasteiger partial charge in [-0.2, -0.15) is 0 Å². The molecule has 2 aliphatic rings. The van der Waals surface area contributed by atoms with E-state index in [0.29, 0.717) is 38.3 Å². The lowest BCUT2D eigenvalue weighted by Crippen LogP contribution is -2.50. The van der Waals surface area contributed by atoms with Crippen molar-refractivity contribution in [3.8, 4) is 0 Å². The molecule has 1 aromatic carbocycles. The van der Waals surface area contributed by atoms with Crippen LogP contribution in [0.25, 0.3) is 0 Å². The van der Waals surface area contributed by atoms with Crippen molar-refractivity contribution in [1.82, 2.24) is 15.5 Å². The van der Waals surface area contributed by atoms with Crippen LogP contribution in [-0.2, 0) is 15.0 Å². The van der Waals surface area contributed by atoms with Crippen molar-refractivity contribution < 1.29 is 9.59 Å². The molecule has 2 fully saturated rings. The summed E-state index contributed by atoms with van der Waals surface area (Å²) in [6.45, 7) is 1.73. The van der Waals surface area contributed by atoms with Gasteiger partial charge in [-0.1, -0.05) is 36.8 Å². The van der Waals surface area contributed by atoms with Crippen LogP contribution in [0.4, 0.5) is 0 Å². The third kappa shape index (κ3) is 5.21. The van der Waals surface area contributed by atoms with Gasteiger partial charge in [-0.15, -0.1) is 24.0 Å². The van der Waals surface area contributed by atoms with E-state index in [2.05, 4.69) is 39.9 Å². The molecule has 148 valence electrons. The van der Waals surface area contributed by atoms with Gasteiger partial charge >= 0.3 is 0 Å². The summed E-state index contributed by atoms with van der Waals surface area (Å²) in [7, 11) is 1.74. The van der Waals surface area contributed by atoms with Gasteiger partial charge in [0.05, 0.1) is 0 Å². The zero-order valence-electron chi connectivity index (χ0n) is 15.9. The van der Waals surface area contributed by atoms with Crippen LogP contribution >= 0.6 is 24.0 Å². The van der Waals surface area contributed by atoms with Crippen LogP contribution in [0.1, 0.15) is 44.1 Å². The quantitative estimate of drug-likeness (QED) is 0.282. The number of hydrogen-bond donors (Lipinski definition) is 2. The monoisotopic (exact) mass is 484 g/mol. The highest BCUT2D eigenvalue weighted by molar-refractivity contribution is 14.0. The summed E-state index contributed by atoms with van der Waals surface area (Å²) in [5.41, 5.74) is 1.55. The Morgan fingerprint density at radius 2 is 1.74 bits per heavy atom. The van der Waals surface area contributed by atoms with Crippen LogP contribution in [0.3, 0.4) is 0 Å². The minimum Gasteiger partial charge on any atom is -0.356 e. The fourth-order valence-electron chi connectivity index (χ4n) is 3.77. The topological polar surface area (TPSA) is 73.8 Å². The molecule has 0 aromatic heterocycles. The Morgan fingerprint density at radius 3 is 2.30 bits per heavy atom. The number of likely N-dealkylation sites (tertiary alicyclic amines) is 1. The molecule has 1 aliphatic carbocycles. The Kier molecular flexibility index (Phi) is 8.07. The van der Waals surface area contributed by atoms with Gasteiger partial charge in [-0.25, -0.2) is 0 Å². The third-order valence-corrected chi connectivity index (χ3v) is 5.53. The van der Waals surface area contributed by atoms with Crippen molar-refractivity contribution in [2.24, 2.45) is 4.99 Å². The van der Waals surface area contributed by atoms with E-state index in [9.17, 15) is 9.59 Å². The lowest BCUT2D eigenvalue weighted by molar-refractivity contribution is -0.147. The molecule has 27 heavy (non-hydrogen) atoms. The minimum atomic E-state index is -0.0662. The van der Waals surface area contributed by atoms with Crippen LogP contribution in [-0.4, -0.2) is 49.4 Å². The Morgan fingerprint density at radius 1 is 1.07 bits per heavy atom. The van der Waals surface area contributed by atoms with Crippen LogP contribution in [0.2, 0.25) is 0 Å². The minimum absolute atomic E-state index is 0. The number of imide groups is 1. The van der Waals surface area contributed by atoms with Crippen LogP contribution in [0, 0.1) is 0 Å². The second-order valence-corrected chi connectivity index (χ2v) is 7.15. The summed E-state index contributed by atoms with van der Waals surface area (Å²) in [5.74, 6) is 0.580. The number of aliphatic imine (C=N–C) groups is 1. The molecule has 0 atom stereocenters. The van der Waals surface area contributed by atoms with E-state index >= 15 is 0 Å². The fourth-order valence-corrected chi connectivity index (χ4v) is 3.77. The maximum Gasteiger partial charge on any atom is 0.229 e. The van der Waals surface area contributed by atoms with Crippen molar-refractivity contribution in [2.45, 2.75) is 43.9 Å². The Labute approximate surface area is 178 Å². The van der Waals surface area contributed by atoms with Gasteiger partial charge in [0.15, 0.2) is 5.96 Å². The van der Waals surface area contributed by atoms with E-state index in [1.807, 2.05) is 6.07 Å². The summed E-state index contributed by atoms with van der Waals surface area (Å²) in [4.78, 5) is 29.3. The van der Waals surface area contributed by atoms with E-state index in [1.165, 1.54) is 29.7 Å². The van der Waals surface area contributed by atoms with Gasteiger partial charge in [0.2, 0.25) is 11.8 Å². The molecule has 1 aromatic rings. The maximum absolute atomic E-state index is 11.8. The van der Waals surface area contributed by atoms with Crippen molar-refractivity contribution in [3.63, 3.8) is 0 Å². The number of nitrogens with zero attached hydrogens (tertiary/aromatic N) is 2. The molecule has 7 heteroatoms. The number of benzene rings is 1. The molecule has 1 heterocycles. The van der Waals surface area contributed by atoms with Crippen LogP contribution < -0.4 is 10.6 Å². The average molecular weight is 484 g/mol. The second-order valence-electron chi connectivity index (χ2n) is 7.15. The van der Waals surface area contributed by atoms with Gasteiger partial charge in [-0.05, 0) is 24.8 Å². The molecule has 1 aliphatic heterocycles. The number of halogens is 1. The van der Waals surface area contributed by atoms with E-state index in [0.717, 1.165) is 6.54 Å². The number of nitrogens with one attached hydrogen (secondary N) is 2. The van der Waals surface area contributed by atoms with Crippen molar-refractivity contribution in [1.29, 1.82) is 0 Å². The first kappa shape index (κ1) is 21.7. The maximum atomic E-state index is 11.8. The van der Waals surface area contributed by atoms with Crippen molar-refractivity contribution >= 4 is 41.8 Å². The zero-order chi connectivity index (χ0) is 18.4.